The van der Waals surface area contributed by atoms with Crippen LogP contribution >= 0.6 is 15.9 Å². The number of sulfone groups is 1. The zero-order valence-corrected chi connectivity index (χ0v) is 19.2. The summed E-state index contributed by atoms with van der Waals surface area (Å²) < 4.78 is 25.8. The van der Waals surface area contributed by atoms with Gasteiger partial charge in [-0.1, -0.05) is 57.9 Å². The van der Waals surface area contributed by atoms with Crippen molar-refractivity contribution in [2.75, 3.05) is 18.8 Å². The molecule has 29 heavy (non-hydrogen) atoms. The van der Waals surface area contributed by atoms with E-state index in [9.17, 15) is 13.2 Å². The Morgan fingerprint density at radius 2 is 1.59 bits per heavy atom. The van der Waals surface area contributed by atoms with Crippen molar-refractivity contribution in [3.8, 4) is 0 Å². The lowest BCUT2D eigenvalue weighted by molar-refractivity contribution is -0.129. The second kappa shape index (κ2) is 9.90. The van der Waals surface area contributed by atoms with Gasteiger partial charge in [0.05, 0.1) is 5.75 Å². The van der Waals surface area contributed by atoms with Gasteiger partial charge >= 0.3 is 0 Å². The van der Waals surface area contributed by atoms with Crippen molar-refractivity contribution < 1.29 is 13.2 Å². The van der Waals surface area contributed by atoms with Crippen molar-refractivity contribution in [3.05, 3.63) is 69.7 Å². The van der Waals surface area contributed by atoms with Gasteiger partial charge in [0.2, 0.25) is 5.91 Å². The molecule has 2 aromatic rings. The molecule has 0 radical (unpaired) electrons. The van der Waals surface area contributed by atoms with Gasteiger partial charge in [-0.2, -0.15) is 0 Å². The molecular formula is C23H28BrNO3S. The highest BCUT2D eigenvalue weighted by Gasteiger charge is 2.26. The predicted octanol–water partition coefficient (Wildman–Crippen LogP) is 4.54. The normalized spacial score (nSPS) is 15.4. The molecule has 1 aliphatic rings. The van der Waals surface area contributed by atoms with E-state index in [0.29, 0.717) is 24.6 Å². The Morgan fingerprint density at radius 3 is 2.21 bits per heavy atom. The van der Waals surface area contributed by atoms with Crippen molar-refractivity contribution in [1.29, 1.82) is 0 Å². The molecule has 1 fully saturated rings. The van der Waals surface area contributed by atoms with E-state index >= 15 is 0 Å². The quantitative estimate of drug-likeness (QED) is 0.587. The number of nitrogens with zero attached hydrogens (tertiary/aromatic N) is 1. The van der Waals surface area contributed by atoms with Gasteiger partial charge in [-0.25, -0.2) is 8.42 Å². The summed E-state index contributed by atoms with van der Waals surface area (Å²) in [6, 6.07) is 15.8. The summed E-state index contributed by atoms with van der Waals surface area (Å²) >= 11 is 3.34. The van der Waals surface area contributed by atoms with Gasteiger partial charge in [0.25, 0.3) is 0 Å². The third kappa shape index (κ3) is 6.96. The first kappa shape index (κ1) is 22.0. The van der Waals surface area contributed by atoms with E-state index in [1.165, 1.54) is 11.1 Å². The maximum absolute atomic E-state index is 12.5. The number of rotatable bonds is 7. The summed E-state index contributed by atoms with van der Waals surface area (Å²) in [5.74, 6) is -0.172. The Morgan fingerprint density at radius 1 is 1.00 bits per heavy atom. The smallest absolute Gasteiger partial charge is 0.237 e. The first-order valence-corrected chi connectivity index (χ1v) is 12.7. The van der Waals surface area contributed by atoms with Gasteiger partial charge in [0, 0.05) is 17.6 Å². The Balaban J connectivity index is 1.44. The van der Waals surface area contributed by atoms with Crippen LogP contribution < -0.4 is 0 Å². The summed E-state index contributed by atoms with van der Waals surface area (Å²) in [7, 11) is -3.47. The SMILES string of the molecule is Cc1ccc(CCC2CCN(C(=O)CS(=O)(=O)Cc3ccc(Br)cc3)CC2)cc1. The number of hydrogen-bond donors (Lipinski definition) is 0. The number of halogens is 1. The van der Waals surface area contributed by atoms with Crippen LogP contribution in [0.4, 0.5) is 0 Å². The van der Waals surface area contributed by atoms with Crippen LogP contribution in [0, 0.1) is 12.8 Å². The van der Waals surface area contributed by atoms with Crippen LogP contribution in [0.2, 0.25) is 0 Å². The summed E-state index contributed by atoms with van der Waals surface area (Å²) in [4.78, 5) is 14.2. The number of amides is 1. The molecule has 0 saturated carbocycles. The van der Waals surface area contributed by atoms with Crippen LogP contribution in [0.25, 0.3) is 0 Å². The van der Waals surface area contributed by atoms with Crippen molar-refractivity contribution in [1.82, 2.24) is 4.90 Å². The summed E-state index contributed by atoms with van der Waals surface area (Å²) in [6.45, 7) is 3.41. The van der Waals surface area contributed by atoms with Gasteiger partial charge in [0.1, 0.15) is 5.75 Å². The second-order valence-corrected chi connectivity index (χ2v) is 11.0. The highest BCUT2D eigenvalue weighted by molar-refractivity contribution is 9.10. The standard InChI is InChI=1S/C23H28BrNO3S/c1-18-2-4-19(5-3-18)6-7-20-12-14-25(15-13-20)23(26)17-29(27,28)16-21-8-10-22(24)11-9-21/h2-5,8-11,20H,6-7,12-17H2,1H3. The minimum Gasteiger partial charge on any atom is -0.342 e. The molecule has 1 amide bonds. The molecule has 0 spiro atoms. The van der Waals surface area contributed by atoms with Crippen LogP contribution in [-0.4, -0.2) is 38.1 Å². The highest BCUT2D eigenvalue weighted by Crippen LogP contribution is 2.23. The Labute approximate surface area is 182 Å². The number of hydrogen-bond acceptors (Lipinski definition) is 3. The van der Waals surface area contributed by atoms with Crippen molar-refractivity contribution in [2.45, 2.75) is 38.4 Å². The predicted molar refractivity (Wildman–Crippen MR) is 120 cm³/mol. The van der Waals surface area contributed by atoms with Gasteiger partial charge in [0.15, 0.2) is 9.84 Å². The first-order valence-electron chi connectivity index (χ1n) is 10.1. The lowest BCUT2D eigenvalue weighted by Gasteiger charge is -2.32. The molecule has 6 heteroatoms. The number of piperidine rings is 1. The fraction of sp³-hybridized carbons (Fsp3) is 0.435. The van der Waals surface area contributed by atoms with Gasteiger partial charge in [-0.3, -0.25) is 4.79 Å². The fourth-order valence-corrected chi connectivity index (χ4v) is 5.39. The summed E-state index contributed by atoms with van der Waals surface area (Å²) in [5.41, 5.74) is 3.33. The largest absolute Gasteiger partial charge is 0.342 e. The maximum Gasteiger partial charge on any atom is 0.237 e. The number of benzene rings is 2. The molecule has 2 aromatic carbocycles. The molecule has 0 atom stereocenters. The van der Waals surface area contributed by atoms with E-state index in [2.05, 4.69) is 47.1 Å². The Kier molecular flexibility index (Phi) is 7.52. The minimum absolute atomic E-state index is 0.0982. The molecule has 1 heterocycles. The van der Waals surface area contributed by atoms with E-state index in [0.717, 1.165) is 30.2 Å². The topological polar surface area (TPSA) is 54.5 Å². The van der Waals surface area contributed by atoms with E-state index in [1.54, 1.807) is 17.0 Å². The molecule has 0 unspecified atom stereocenters. The molecular weight excluding hydrogens is 450 g/mol. The molecule has 156 valence electrons. The molecule has 1 saturated heterocycles. The second-order valence-electron chi connectivity index (χ2n) is 8.01. The number of carbonyl (C=O) groups is 1. The summed E-state index contributed by atoms with van der Waals surface area (Å²) in [6.07, 6.45) is 4.07. The molecule has 0 bridgehead atoms. The molecule has 1 aliphatic heterocycles. The monoisotopic (exact) mass is 477 g/mol. The van der Waals surface area contributed by atoms with Crippen molar-refractivity contribution in [2.24, 2.45) is 5.92 Å². The summed E-state index contributed by atoms with van der Waals surface area (Å²) in [5, 5.41) is 0. The molecule has 0 aliphatic carbocycles. The number of aryl methyl sites for hydroxylation is 2. The lowest BCUT2D eigenvalue weighted by atomic mass is 9.90. The van der Waals surface area contributed by atoms with Crippen LogP contribution in [-0.2, 0) is 26.8 Å². The lowest BCUT2D eigenvalue weighted by Crippen LogP contribution is -2.41. The average molecular weight is 478 g/mol. The maximum atomic E-state index is 12.5. The highest BCUT2D eigenvalue weighted by atomic mass is 79.9. The van der Waals surface area contributed by atoms with E-state index in [-0.39, 0.29) is 11.7 Å². The van der Waals surface area contributed by atoms with Crippen LogP contribution in [0.5, 0.6) is 0 Å². The minimum atomic E-state index is -3.47. The van der Waals surface area contributed by atoms with Crippen LogP contribution in [0.1, 0.15) is 36.0 Å². The van der Waals surface area contributed by atoms with Crippen molar-refractivity contribution >= 4 is 31.7 Å². The van der Waals surface area contributed by atoms with E-state index in [4.69, 9.17) is 0 Å². The third-order valence-electron chi connectivity index (χ3n) is 5.57. The Hall–Kier alpha value is -1.66. The molecule has 3 rings (SSSR count). The van der Waals surface area contributed by atoms with Crippen LogP contribution in [0.3, 0.4) is 0 Å². The van der Waals surface area contributed by atoms with E-state index in [1.807, 2.05) is 12.1 Å². The first-order chi connectivity index (χ1) is 13.8. The van der Waals surface area contributed by atoms with E-state index < -0.39 is 15.6 Å². The van der Waals surface area contributed by atoms with Gasteiger partial charge in [-0.15, -0.1) is 0 Å². The molecule has 0 aromatic heterocycles. The Bertz CT molecular complexity index is 916. The van der Waals surface area contributed by atoms with Crippen LogP contribution in [0.15, 0.2) is 53.0 Å². The van der Waals surface area contributed by atoms with Gasteiger partial charge < -0.3 is 4.90 Å². The zero-order chi connectivity index (χ0) is 20.9. The number of likely N-dealkylation sites (tertiary alicyclic amines) is 1. The zero-order valence-electron chi connectivity index (χ0n) is 16.8. The number of carbonyl (C=O) groups excluding carboxylic acids is 1. The fourth-order valence-electron chi connectivity index (χ4n) is 3.76. The van der Waals surface area contributed by atoms with Gasteiger partial charge in [-0.05, 0) is 61.8 Å². The third-order valence-corrected chi connectivity index (χ3v) is 7.56. The molecule has 0 N–H and O–H groups in total. The average Bonchev–Trinajstić information content (AvgIpc) is 2.69. The van der Waals surface area contributed by atoms with Crippen molar-refractivity contribution in [3.63, 3.8) is 0 Å². The molecule has 4 nitrogen and oxygen atoms in total.